The molecule has 0 N–H and O–H groups in total. The maximum Gasteiger partial charge on any atom is 0.389 e. The van der Waals surface area contributed by atoms with Crippen LogP contribution in [0.1, 0.15) is 134 Å². The van der Waals surface area contributed by atoms with Gasteiger partial charge in [-0.3, -0.25) is 0 Å². The molecule has 1 aromatic rings. The number of rotatable bonds is 15. The Morgan fingerprint density at radius 3 is 2.03 bits per heavy atom. The van der Waals surface area contributed by atoms with E-state index in [-0.39, 0.29) is 18.8 Å². The van der Waals surface area contributed by atoms with Gasteiger partial charge in [0, 0.05) is 18.8 Å². The van der Waals surface area contributed by atoms with Crippen LogP contribution >= 0.6 is 0 Å². The van der Waals surface area contributed by atoms with Gasteiger partial charge >= 0.3 is 6.18 Å². The summed E-state index contributed by atoms with van der Waals surface area (Å²) in [7, 11) is 0. The third-order valence-electron chi connectivity index (χ3n) is 9.05. The summed E-state index contributed by atoms with van der Waals surface area (Å²) in [6.45, 7) is 2.77. The minimum Gasteiger partial charge on any atom is -0.494 e. The lowest BCUT2D eigenvalue weighted by Crippen LogP contribution is -2.37. The average Bonchev–Trinajstić information content (AvgIpc) is 2.87. The molecular formula is C32H49F5O. The van der Waals surface area contributed by atoms with Crippen molar-refractivity contribution >= 4 is 0 Å². The highest BCUT2D eigenvalue weighted by Gasteiger charge is 2.47. The summed E-state index contributed by atoms with van der Waals surface area (Å²) in [5.74, 6) is -1.25. The van der Waals surface area contributed by atoms with E-state index in [1.165, 1.54) is 38.5 Å². The van der Waals surface area contributed by atoms with Crippen molar-refractivity contribution in [2.45, 2.75) is 141 Å². The highest BCUT2D eigenvalue weighted by Crippen LogP contribution is 2.51. The zero-order valence-corrected chi connectivity index (χ0v) is 23.4. The zero-order chi connectivity index (χ0) is 27.4. The van der Waals surface area contributed by atoms with Crippen molar-refractivity contribution < 1.29 is 26.7 Å². The summed E-state index contributed by atoms with van der Waals surface area (Å²) in [5.41, 5.74) is 0.708. The molecule has 2 atom stereocenters. The van der Waals surface area contributed by atoms with Crippen molar-refractivity contribution in [1.29, 1.82) is 0 Å². The minimum atomic E-state index is -4.05. The molecule has 0 unspecified atom stereocenters. The van der Waals surface area contributed by atoms with Gasteiger partial charge in [-0.15, -0.1) is 0 Å². The maximum absolute atomic E-state index is 15.3. The fourth-order valence-corrected chi connectivity index (χ4v) is 6.75. The molecule has 0 radical (unpaired) electrons. The Morgan fingerprint density at radius 1 is 0.763 bits per heavy atom. The number of hydrogen-bond donors (Lipinski definition) is 0. The summed E-state index contributed by atoms with van der Waals surface area (Å²) < 4.78 is 72.8. The third kappa shape index (κ3) is 10.7. The van der Waals surface area contributed by atoms with E-state index in [2.05, 4.69) is 6.92 Å². The first-order valence-electron chi connectivity index (χ1n) is 15.3. The first-order chi connectivity index (χ1) is 18.2. The number of ether oxygens (including phenoxy) is 1. The lowest BCUT2D eigenvalue weighted by atomic mass is 9.66. The molecule has 0 bridgehead atoms. The first kappa shape index (κ1) is 31.2. The lowest BCUT2D eigenvalue weighted by Gasteiger charge is -2.41. The van der Waals surface area contributed by atoms with Crippen LogP contribution in [-0.4, -0.2) is 18.7 Å². The van der Waals surface area contributed by atoms with Crippen LogP contribution in [0.3, 0.4) is 0 Å². The van der Waals surface area contributed by atoms with Crippen molar-refractivity contribution in [2.75, 3.05) is 6.61 Å². The van der Waals surface area contributed by atoms with Crippen LogP contribution in [-0.2, 0) is 0 Å². The molecule has 0 saturated heterocycles. The molecule has 2 aliphatic rings. The number of hydrogen-bond acceptors (Lipinski definition) is 1. The highest BCUT2D eigenvalue weighted by atomic mass is 19.4. The molecule has 2 saturated carbocycles. The second-order valence-corrected chi connectivity index (χ2v) is 12.0. The largest absolute Gasteiger partial charge is 0.494 e. The molecule has 218 valence electrons. The van der Waals surface area contributed by atoms with Crippen LogP contribution < -0.4 is 4.74 Å². The standard InChI is InChI=1S/C32H49F5O/c1-2-3-8-11-25-12-14-26(15-13-25)28-18-21-30(31(33,34)24-28)27-16-19-29(20-17-27)38-23-10-7-5-4-6-9-22-32(35,36)37/h16-17,19-20,25-26,28,30H,2-15,18,21-24H2,1H3/t25?,26?,28-,30+/m0/s1. The summed E-state index contributed by atoms with van der Waals surface area (Å²) >= 11 is 0. The van der Waals surface area contributed by atoms with Crippen LogP contribution in [0.5, 0.6) is 5.75 Å². The summed E-state index contributed by atoms with van der Waals surface area (Å²) in [6, 6.07) is 7.20. The van der Waals surface area contributed by atoms with Crippen LogP contribution in [0.25, 0.3) is 0 Å². The highest BCUT2D eigenvalue weighted by molar-refractivity contribution is 5.31. The van der Waals surface area contributed by atoms with Crippen LogP contribution in [0.4, 0.5) is 22.0 Å². The van der Waals surface area contributed by atoms with Crippen molar-refractivity contribution in [3.63, 3.8) is 0 Å². The van der Waals surface area contributed by atoms with Crippen molar-refractivity contribution in [1.82, 2.24) is 0 Å². The second-order valence-electron chi connectivity index (χ2n) is 12.0. The van der Waals surface area contributed by atoms with Gasteiger partial charge in [-0.2, -0.15) is 13.2 Å². The molecule has 38 heavy (non-hydrogen) atoms. The van der Waals surface area contributed by atoms with E-state index in [1.807, 2.05) is 0 Å². The first-order valence-corrected chi connectivity index (χ1v) is 15.3. The van der Waals surface area contributed by atoms with E-state index < -0.39 is 24.4 Å². The maximum atomic E-state index is 15.3. The Labute approximate surface area is 227 Å². The topological polar surface area (TPSA) is 9.23 Å². The molecule has 0 aromatic heterocycles. The van der Waals surface area contributed by atoms with E-state index in [1.54, 1.807) is 24.3 Å². The van der Waals surface area contributed by atoms with Gasteiger partial charge in [0.2, 0.25) is 0 Å². The number of unbranched alkanes of at least 4 members (excludes halogenated alkanes) is 7. The fraction of sp³-hybridized carbons (Fsp3) is 0.812. The van der Waals surface area contributed by atoms with Gasteiger partial charge in [0.25, 0.3) is 5.92 Å². The van der Waals surface area contributed by atoms with Crippen LogP contribution in [0, 0.1) is 17.8 Å². The number of benzene rings is 1. The van der Waals surface area contributed by atoms with Gasteiger partial charge in [-0.1, -0.05) is 83.3 Å². The van der Waals surface area contributed by atoms with Gasteiger partial charge in [-0.25, -0.2) is 8.78 Å². The Hall–Kier alpha value is -1.33. The molecule has 0 aliphatic heterocycles. The van der Waals surface area contributed by atoms with E-state index in [0.29, 0.717) is 36.7 Å². The summed E-state index contributed by atoms with van der Waals surface area (Å²) in [6.07, 6.45) is 10.9. The van der Waals surface area contributed by atoms with Gasteiger partial charge in [0.05, 0.1) is 6.61 Å². The molecule has 2 aliphatic carbocycles. The third-order valence-corrected chi connectivity index (χ3v) is 9.05. The fourth-order valence-electron chi connectivity index (χ4n) is 6.75. The molecule has 1 nitrogen and oxygen atoms in total. The average molecular weight is 545 g/mol. The SMILES string of the molecule is CCCCCC1CCC([C@H]2CC[C@H](c3ccc(OCCCCCCCCC(F)(F)F)cc3)C(F)(F)C2)CC1. The summed E-state index contributed by atoms with van der Waals surface area (Å²) in [5, 5.41) is 0. The molecule has 0 heterocycles. The van der Waals surface area contributed by atoms with Gasteiger partial charge in [0.15, 0.2) is 0 Å². The monoisotopic (exact) mass is 544 g/mol. The Kier molecular flexibility index (Phi) is 12.7. The van der Waals surface area contributed by atoms with Crippen molar-refractivity contribution in [2.24, 2.45) is 17.8 Å². The Morgan fingerprint density at radius 2 is 1.39 bits per heavy atom. The zero-order valence-electron chi connectivity index (χ0n) is 23.4. The lowest BCUT2D eigenvalue weighted by molar-refractivity contribution is -0.135. The van der Waals surface area contributed by atoms with Gasteiger partial charge in [-0.05, 0) is 74.0 Å². The molecule has 0 amide bonds. The Bertz CT molecular complexity index is 767. The van der Waals surface area contributed by atoms with Crippen molar-refractivity contribution in [3.8, 4) is 5.75 Å². The molecular weight excluding hydrogens is 495 g/mol. The minimum absolute atomic E-state index is 0.0251. The van der Waals surface area contributed by atoms with E-state index >= 15 is 8.78 Å². The number of halogens is 5. The predicted molar refractivity (Wildman–Crippen MR) is 145 cm³/mol. The van der Waals surface area contributed by atoms with E-state index in [9.17, 15) is 13.2 Å². The summed E-state index contributed by atoms with van der Waals surface area (Å²) in [4.78, 5) is 0. The Balaban J connectivity index is 1.33. The van der Waals surface area contributed by atoms with Crippen LogP contribution in [0.2, 0.25) is 0 Å². The molecule has 0 spiro atoms. The van der Waals surface area contributed by atoms with E-state index in [0.717, 1.165) is 50.9 Å². The molecule has 3 rings (SSSR count). The molecule has 6 heteroatoms. The van der Waals surface area contributed by atoms with Gasteiger partial charge in [0.1, 0.15) is 5.75 Å². The predicted octanol–water partition coefficient (Wildman–Crippen LogP) is 11.3. The smallest absolute Gasteiger partial charge is 0.389 e. The van der Waals surface area contributed by atoms with Crippen LogP contribution in [0.15, 0.2) is 24.3 Å². The van der Waals surface area contributed by atoms with E-state index in [4.69, 9.17) is 4.74 Å². The quantitative estimate of drug-likeness (QED) is 0.158. The second kappa shape index (κ2) is 15.5. The molecule has 1 aromatic carbocycles. The van der Waals surface area contributed by atoms with Crippen molar-refractivity contribution in [3.05, 3.63) is 29.8 Å². The molecule has 2 fully saturated rings. The van der Waals surface area contributed by atoms with Gasteiger partial charge < -0.3 is 4.74 Å². The normalized spacial score (nSPS) is 25.8. The number of alkyl halides is 5.